The third kappa shape index (κ3) is 4.26. The molecule has 1 amide bonds. The fraction of sp³-hybridized carbons (Fsp3) is 0.389. The van der Waals surface area contributed by atoms with E-state index in [0.717, 1.165) is 28.8 Å². The van der Waals surface area contributed by atoms with Crippen molar-refractivity contribution in [3.8, 4) is 0 Å². The van der Waals surface area contributed by atoms with Gasteiger partial charge in [0.2, 0.25) is 0 Å². The van der Waals surface area contributed by atoms with Crippen LogP contribution in [0.3, 0.4) is 0 Å². The third-order valence-electron chi connectivity index (χ3n) is 4.08. The Morgan fingerprint density at radius 3 is 2.07 bits per heavy atom. The highest BCUT2D eigenvalue weighted by molar-refractivity contribution is 6.05. The molecule has 1 aromatic carbocycles. The number of halogens is 3. The van der Waals surface area contributed by atoms with Crippen LogP contribution in [0.15, 0.2) is 33.9 Å². The van der Waals surface area contributed by atoms with Crippen LogP contribution in [0, 0.1) is 0 Å². The standard InChI is InChI=1S/C18H21F3N4O3/c1-3-9-24-14(22)13(16(27)25(10-4-2)17(24)28)23-15(26)11-5-7-12(8-6-11)18(19,20)21/h5-8H,3-4,9-10,22H2,1-2H3,(H,23,26). The van der Waals surface area contributed by atoms with Crippen molar-refractivity contribution < 1.29 is 18.0 Å². The van der Waals surface area contributed by atoms with Crippen molar-refractivity contribution in [2.24, 2.45) is 0 Å². The summed E-state index contributed by atoms with van der Waals surface area (Å²) in [5.74, 6) is -0.994. The van der Waals surface area contributed by atoms with Crippen LogP contribution in [-0.4, -0.2) is 15.0 Å². The lowest BCUT2D eigenvalue weighted by molar-refractivity contribution is -0.137. The lowest BCUT2D eigenvalue weighted by Gasteiger charge is -2.16. The molecule has 0 bridgehead atoms. The average Bonchev–Trinajstić information content (AvgIpc) is 2.65. The Hall–Kier alpha value is -3.04. The van der Waals surface area contributed by atoms with Gasteiger partial charge in [0.05, 0.1) is 5.56 Å². The van der Waals surface area contributed by atoms with Crippen molar-refractivity contribution >= 4 is 17.4 Å². The van der Waals surface area contributed by atoms with Crippen molar-refractivity contribution in [2.75, 3.05) is 11.1 Å². The molecule has 7 nitrogen and oxygen atoms in total. The molecule has 0 aliphatic rings. The van der Waals surface area contributed by atoms with E-state index in [-0.39, 0.29) is 30.2 Å². The van der Waals surface area contributed by atoms with Gasteiger partial charge >= 0.3 is 11.9 Å². The van der Waals surface area contributed by atoms with Crippen LogP contribution >= 0.6 is 0 Å². The van der Waals surface area contributed by atoms with E-state index in [1.54, 1.807) is 6.92 Å². The van der Waals surface area contributed by atoms with Gasteiger partial charge < -0.3 is 11.1 Å². The number of nitrogens with one attached hydrogen (secondary N) is 1. The first kappa shape index (κ1) is 21.3. The van der Waals surface area contributed by atoms with E-state index in [4.69, 9.17) is 5.73 Å². The summed E-state index contributed by atoms with van der Waals surface area (Å²) < 4.78 is 40.1. The minimum absolute atomic E-state index is 0.0814. The average molecular weight is 398 g/mol. The summed E-state index contributed by atoms with van der Waals surface area (Å²) in [5.41, 5.74) is 3.36. The first-order valence-electron chi connectivity index (χ1n) is 8.73. The van der Waals surface area contributed by atoms with Crippen LogP contribution in [-0.2, 0) is 19.3 Å². The van der Waals surface area contributed by atoms with Crippen LogP contribution in [0.5, 0.6) is 0 Å². The fourth-order valence-electron chi connectivity index (χ4n) is 2.69. The normalized spacial score (nSPS) is 11.5. The summed E-state index contributed by atoms with van der Waals surface area (Å²) in [6, 6.07) is 3.54. The van der Waals surface area contributed by atoms with E-state index in [9.17, 15) is 27.6 Å². The molecule has 1 aromatic heterocycles. The minimum atomic E-state index is -4.52. The number of benzene rings is 1. The Balaban J connectivity index is 2.46. The molecule has 3 N–H and O–H groups in total. The Morgan fingerprint density at radius 1 is 1.04 bits per heavy atom. The molecule has 0 radical (unpaired) electrons. The van der Waals surface area contributed by atoms with E-state index >= 15 is 0 Å². The molecule has 0 saturated carbocycles. The van der Waals surface area contributed by atoms with Gasteiger partial charge in [0, 0.05) is 18.7 Å². The van der Waals surface area contributed by atoms with Gasteiger partial charge in [-0.15, -0.1) is 0 Å². The lowest BCUT2D eigenvalue weighted by atomic mass is 10.1. The minimum Gasteiger partial charge on any atom is -0.383 e. The van der Waals surface area contributed by atoms with E-state index in [1.807, 2.05) is 6.92 Å². The summed E-state index contributed by atoms with van der Waals surface area (Å²) in [7, 11) is 0. The van der Waals surface area contributed by atoms with Crippen LogP contribution in [0.4, 0.5) is 24.7 Å². The number of rotatable bonds is 6. The molecular weight excluding hydrogens is 377 g/mol. The third-order valence-corrected chi connectivity index (χ3v) is 4.08. The molecule has 0 aliphatic heterocycles. The van der Waals surface area contributed by atoms with Gasteiger partial charge in [0.25, 0.3) is 11.5 Å². The van der Waals surface area contributed by atoms with Crippen molar-refractivity contribution in [1.82, 2.24) is 9.13 Å². The maximum absolute atomic E-state index is 12.7. The quantitative estimate of drug-likeness (QED) is 0.782. The molecule has 0 atom stereocenters. The first-order valence-corrected chi connectivity index (χ1v) is 8.73. The molecule has 0 unspecified atom stereocenters. The number of hydrogen-bond acceptors (Lipinski definition) is 4. The number of carbonyl (C=O) groups is 1. The van der Waals surface area contributed by atoms with Gasteiger partial charge in [-0.25, -0.2) is 4.79 Å². The van der Waals surface area contributed by atoms with Crippen molar-refractivity contribution in [3.05, 3.63) is 56.2 Å². The zero-order valence-corrected chi connectivity index (χ0v) is 15.5. The SMILES string of the molecule is CCCn1c(N)c(NC(=O)c2ccc(C(F)(F)F)cc2)c(=O)n(CCC)c1=O. The van der Waals surface area contributed by atoms with E-state index in [0.29, 0.717) is 12.8 Å². The maximum atomic E-state index is 12.7. The number of aromatic nitrogens is 2. The topological polar surface area (TPSA) is 99.1 Å². The summed E-state index contributed by atoms with van der Waals surface area (Å²) in [6.45, 7) is 4.00. The highest BCUT2D eigenvalue weighted by Crippen LogP contribution is 2.29. The largest absolute Gasteiger partial charge is 0.416 e. The van der Waals surface area contributed by atoms with E-state index in [1.165, 1.54) is 4.57 Å². The second kappa shape index (κ2) is 8.32. The highest BCUT2D eigenvalue weighted by Gasteiger charge is 2.30. The van der Waals surface area contributed by atoms with Gasteiger partial charge in [-0.2, -0.15) is 13.2 Å². The number of alkyl halides is 3. The maximum Gasteiger partial charge on any atom is 0.416 e. The molecule has 2 aromatic rings. The molecule has 10 heteroatoms. The Labute approximate surface area is 158 Å². The Kier molecular flexibility index (Phi) is 6.32. The molecule has 0 saturated heterocycles. The smallest absolute Gasteiger partial charge is 0.383 e. The number of hydrogen-bond donors (Lipinski definition) is 2. The monoisotopic (exact) mass is 398 g/mol. The van der Waals surface area contributed by atoms with Crippen LogP contribution < -0.4 is 22.3 Å². The molecule has 0 spiro atoms. The van der Waals surface area contributed by atoms with Crippen LogP contribution in [0.1, 0.15) is 42.6 Å². The summed E-state index contributed by atoms with van der Waals surface area (Å²) in [4.78, 5) is 37.5. The lowest BCUT2D eigenvalue weighted by Crippen LogP contribution is -2.42. The predicted molar refractivity (Wildman–Crippen MR) is 99.4 cm³/mol. The van der Waals surface area contributed by atoms with E-state index < -0.39 is 28.9 Å². The molecular formula is C18H21F3N4O3. The zero-order chi connectivity index (χ0) is 21.1. The number of nitrogens with two attached hydrogens (primary N) is 1. The van der Waals surface area contributed by atoms with E-state index in [2.05, 4.69) is 5.32 Å². The van der Waals surface area contributed by atoms with Crippen molar-refractivity contribution in [2.45, 2.75) is 46.0 Å². The number of amides is 1. The summed E-state index contributed by atoms with van der Waals surface area (Å²) in [5, 5.41) is 2.34. The van der Waals surface area contributed by atoms with Gasteiger partial charge in [0.15, 0.2) is 0 Å². The number of carbonyl (C=O) groups excluding carboxylic acids is 1. The van der Waals surface area contributed by atoms with Gasteiger partial charge in [-0.3, -0.25) is 18.7 Å². The Bertz CT molecular complexity index is 976. The Morgan fingerprint density at radius 2 is 1.57 bits per heavy atom. The number of nitrogens with zero attached hydrogens (tertiary/aromatic N) is 2. The number of anilines is 2. The molecule has 1 heterocycles. The molecule has 0 fully saturated rings. The summed E-state index contributed by atoms with van der Waals surface area (Å²) >= 11 is 0. The van der Waals surface area contributed by atoms with Crippen molar-refractivity contribution in [3.63, 3.8) is 0 Å². The fourth-order valence-corrected chi connectivity index (χ4v) is 2.69. The first-order chi connectivity index (χ1) is 13.1. The zero-order valence-electron chi connectivity index (χ0n) is 15.5. The second-order valence-corrected chi connectivity index (χ2v) is 6.18. The molecule has 28 heavy (non-hydrogen) atoms. The van der Waals surface area contributed by atoms with Crippen molar-refractivity contribution in [1.29, 1.82) is 0 Å². The highest BCUT2D eigenvalue weighted by atomic mass is 19.4. The predicted octanol–water partition coefficient (Wildman–Crippen LogP) is 2.68. The van der Waals surface area contributed by atoms with Crippen LogP contribution in [0.25, 0.3) is 0 Å². The molecule has 0 aliphatic carbocycles. The molecule has 2 rings (SSSR count). The molecule has 152 valence electrons. The number of nitrogen functional groups attached to an aromatic ring is 1. The van der Waals surface area contributed by atoms with Gasteiger partial charge in [-0.1, -0.05) is 13.8 Å². The second-order valence-electron chi connectivity index (χ2n) is 6.18. The summed E-state index contributed by atoms with van der Waals surface area (Å²) in [6.07, 6.45) is -3.44. The van der Waals surface area contributed by atoms with Gasteiger partial charge in [-0.05, 0) is 37.1 Å². The van der Waals surface area contributed by atoms with Crippen LogP contribution in [0.2, 0.25) is 0 Å². The van der Waals surface area contributed by atoms with Gasteiger partial charge in [0.1, 0.15) is 11.5 Å².